The molecule has 1 radical (unpaired) electrons. The zero-order chi connectivity index (χ0) is 40.4. The summed E-state index contributed by atoms with van der Waals surface area (Å²) >= 11 is 0. The van der Waals surface area contributed by atoms with Crippen LogP contribution in [0.5, 0.6) is 0 Å². The first-order valence-corrected chi connectivity index (χ1v) is 19.6. The maximum Gasteiger partial charge on any atom is 0.303 e. The topological polar surface area (TPSA) is 88.9 Å². The summed E-state index contributed by atoms with van der Waals surface area (Å²) in [7, 11) is 0. The number of benzene rings is 6. The molecule has 0 aliphatic rings. The van der Waals surface area contributed by atoms with Crippen molar-refractivity contribution in [3.63, 3.8) is 0 Å². The molecule has 0 saturated heterocycles. The van der Waals surface area contributed by atoms with Crippen LogP contribution in [0.25, 0.3) is 77.3 Å². The van der Waals surface area contributed by atoms with Gasteiger partial charge in [-0.25, -0.2) is 0 Å². The van der Waals surface area contributed by atoms with Gasteiger partial charge in [0.2, 0.25) is 0 Å². The van der Waals surface area contributed by atoms with Crippen LogP contribution in [0.3, 0.4) is 0 Å². The largest absolute Gasteiger partial charge is 1.00 e. The predicted octanol–water partition coefficient (Wildman–Crippen LogP) is 9.57. The summed E-state index contributed by atoms with van der Waals surface area (Å²) in [6.45, 7) is 2.02. The van der Waals surface area contributed by atoms with Gasteiger partial charge in [-0.15, -0.1) is 71.8 Å². The normalized spacial score (nSPS) is 10.4. The standard InChI is InChI=1S/2C19H12N.C15H16N2O2.ClH.Ir/c2*1-2-8-14(9-3-1)19-17-12-5-4-10-15(17)16-11-6-7-13-18(16)20-19;1-11-5-7-16-13(9-11)14-10-12(6-8-17-14)3-2-4-15(18)19;;/h2*1-8,10-13H;5-10H,2-4H2,1H3,(H,18,19);1H;/q2*-1;;;/p-1. The molecule has 10 aromatic rings. The fourth-order valence-corrected chi connectivity index (χ4v) is 7.19. The van der Waals surface area contributed by atoms with Gasteiger partial charge < -0.3 is 17.5 Å². The summed E-state index contributed by atoms with van der Waals surface area (Å²) in [4.78, 5) is 28.8. The number of carbonyl (C=O) groups is 1. The van der Waals surface area contributed by atoms with Crippen molar-refractivity contribution in [1.82, 2.24) is 19.9 Å². The first-order valence-electron chi connectivity index (χ1n) is 19.6. The third-order valence-electron chi connectivity index (χ3n) is 10.0. The molecule has 0 spiro atoms. The minimum absolute atomic E-state index is 0. The zero-order valence-electron chi connectivity index (χ0n) is 33.3. The summed E-state index contributed by atoms with van der Waals surface area (Å²) in [6.07, 6.45) is 5.09. The summed E-state index contributed by atoms with van der Waals surface area (Å²) in [5, 5.41) is 15.9. The Morgan fingerprint density at radius 1 is 0.541 bits per heavy atom. The molecule has 6 aromatic carbocycles. The molecule has 0 aliphatic carbocycles. The van der Waals surface area contributed by atoms with Crippen molar-refractivity contribution in [1.29, 1.82) is 0 Å². The van der Waals surface area contributed by atoms with Gasteiger partial charge in [-0.3, -0.25) is 24.7 Å². The van der Waals surface area contributed by atoms with Gasteiger partial charge in [-0.05, 0) is 100 Å². The van der Waals surface area contributed by atoms with Crippen molar-refractivity contribution >= 4 is 49.3 Å². The quantitative estimate of drug-likeness (QED) is 0.127. The molecule has 1 N–H and O–H groups in total. The van der Waals surface area contributed by atoms with Gasteiger partial charge in [-0.2, -0.15) is 0 Å². The second kappa shape index (κ2) is 21.1. The van der Waals surface area contributed by atoms with E-state index in [9.17, 15) is 4.79 Å². The molecule has 0 saturated carbocycles. The Kier molecular flexibility index (Phi) is 15.2. The van der Waals surface area contributed by atoms with E-state index in [-0.39, 0.29) is 38.9 Å². The Labute approximate surface area is 375 Å². The van der Waals surface area contributed by atoms with Crippen LogP contribution in [-0.4, -0.2) is 31.0 Å². The van der Waals surface area contributed by atoms with Crippen molar-refractivity contribution < 1.29 is 42.4 Å². The van der Waals surface area contributed by atoms with Crippen molar-refractivity contribution in [2.45, 2.75) is 26.2 Å². The minimum Gasteiger partial charge on any atom is -1.00 e. The monoisotopic (exact) mass is 992 g/mol. The first-order chi connectivity index (χ1) is 29.0. The number of hydrogen-bond donors (Lipinski definition) is 1. The Hall–Kier alpha value is -6.63. The van der Waals surface area contributed by atoms with E-state index in [0.29, 0.717) is 6.42 Å². The number of halogens is 1. The summed E-state index contributed by atoms with van der Waals surface area (Å²) in [5.41, 5.74) is 10.0. The van der Waals surface area contributed by atoms with Crippen molar-refractivity contribution in [3.05, 3.63) is 206 Å². The van der Waals surface area contributed by atoms with E-state index in [1.54, 1.807) is 12.4 Å². The predicted molar refractivity (Wildman–Crippen MR) is 240 cm³/mol. The van der Waals surface area contributed by atoms with Crippen molar-refractivity contribution in [3.8, 4) is 33.9 Å². The van der Waals surface area contributed by atoms with Crippen LogP contribution in [0.15, 0.2) is 182 Å². The average molecular weight is 993 g/mol. The number of aryl methyl sites for hydroxylation is 2. The van der Waals surface area contributed by atoms with Gasteiger partial charge in [0, 0.05) is 49.7 Å². The Balaban J connectivity index is 0.000000151. The third kappa shape index (κ3) is 10.6. The maximum atomic E-state index is 10.5. The molecule has 303 valence electrons. The first kappa shape index (κ1) is 43.9. The van der Waals surface area contributed by atoms with Gasteiger partial charge in [0.15, 0.2) is 0 Å². The molecule has 0 unspecified atom stereocenters. The number of para-hydroxylation sites is 2. The van der Waals surface area contributed by atoms with E-state index in [2.05, 4.69) is 119 Å². The van der Waals surface area contributed by atoms with Gasteiger partial charge >= 0.3 is 5.97 Å². The summed E-state index contributed by atoms with van der Waals surface area (Å²) in [5.74, 6) is -0.755. The minimum atomic E-state index is -0.755. The third-order valence-corrected chi connectivity index (χ3v) is 10.0. The van der Waals surface area contributed by atoms with E-state index in [1.807, 2.05) is 79.7 Å². The van der Waals surface area contributed by atoms with Gasteiger partial charge in [0.25, 0.3) is 0 Å². The van der Waals surface area contributed by atoms with E-state index < -0.39 is 5.97 Å². The smallest absolute Gasteiger partial charge is 0.303 e. The fourth-order valence-electron chi connectivity index (χ4n) is 7.19. The van der Waals surface area contributed by atoms with Gasteiger partial charge in [0.1, 0.15) is 0 Å². The molecule has 6 nitrogen and oxygen atoms in total. The van der Waals surface area contributed by atoms with Crippen molar-refractivity contribution in [2.75, 3.05) is 0 Å². The maximum absolute atomic E-state index is 10.5. The molecule has 0 atom stereocenters. The number of aliphatic carboxylic acids is 1. The van der Waals surface area contributed by atoms with E-state index in [1.165, 1.54) is 32.3 Å². The molecule has 0 bridgehead atoms. The molecular weight excluding hydrogens is 952 g/mol. The Morgan fingerprint density at radius 3 is 1.46 bits per heavy atom. The molecule has 4 aromatic heterocycles. The van der Waals surface area contributed by atoms with Crippen LogP contribution < -0.4 is 12.4 Å². The van der Waals surface area contributed by atoms with Crippen LogP contribution >= 0.6 is 0 Å². The number of fused-ring (bicyclic) bond motifs is 6. The van der Waals surface area contributed by atoms with Crippen LogP contribution in [0, 0.1) is 19.1 Å². The number of rotatable bonds is 7. The van der Waals surface area contributed by atoms with Crippen LogP contribution in [0.4, 0.5) is 0 Å². The molecule has 0 aliphatic heterocycles. The number of aromatic nitrogens is 4. The van der Waals surface area contributed by atoms with Gasteiger partial charge in [0.05, 0.1) is 22.4 Å². The van der Waals surface area contributed by atoms with Crippen LogP contribution in [0.2, 0.25) is 0 Å². The zero-order valence-corrected chi connectivity index (χ0v) is 36.4. The number of carboxylic acids is 1. The molecule has 0 fully saturated rings. The number of nitrogens with zero attached hydrogens (tertiary/aromatic N) is 4. The van der Waals surface area contributed by atoms with Crippen LogP contribution in [-0.2, 0) is 31.3 Å². The molecular formula is C53H40ClIrN4O2-3. The Morgan fingerprint density at radius 2 is 0.984 bits per heavy atom. The van der Waals surface area contributed by atoms with Gasteiger partial charge in [-0.1, -0.05) is 84.9 Å². The van der Waals surface area contributed by atoms with Crippen molar-refractivity contribution in [2.24, 2.45) is 0 Å². The fraction of sp³-hybridized carbons (Fsp3) is 0.0755. The molecule has 10 rings (SSSR count). The number of hydrogen-bond acceptors (Lipinski definition) is 5. The van der Waals surface area contributed by atoms with Crippen LogP contribution in [0.1, 0.15) is 24.0 Å². The van der Waals surface area contributed by atoms with E-state index >= 15 is 0 Å². The number of pyridine rings is 4. The second-order valence-corrected chi connectivity index (χ2v) is 14.1. The summed E-state index contributed by atoms with van der Waals surface area (Å²) < 4.78 is 0. The van der Waals surface area contributed by atoms with E-state index in [4.69, 9.17) is 15.1 Å². The summed E-state index contributed by atoms with van der Waals surface area (Å²) in [6, 6.07) is 63.8. The Bertz CT molecular complexity index is 2880. The molecule has 8 heteroatoms. The molecule has 0 amide bonds. The number of carboxylic acid groups (broad SMARTS) is 1. The molecule has 61 heavy (non-hydrogen) atoms. The van der Waals surface area contributed by atoms with E-state index in [0.717, 1.165) is 62.5 Å². The molecule has 4 heterocycles. The second-order valence-electron chi connectivity index (χ2n) is 14.1. The average Bonchev–Trinajstić information content (AvgIpc) is 3.29. The SMILES string of the molecule is Cc1ccnc(-c2cc(CCCC(=O)O)ccn2)c1.[Cl-].[Ir].[c-]1ccccc1-c1nc2ccccc2c2ccccc12.[c-]1ccccc1-c1nc2ccccc2c2ccccc12.